The van der Waals surface area contributed by atoms with Crippen LogP contribution in [0.2, 0.25) is 0 Å². The Morgan fingerprint density at radius 1 is 1.47 bits per heavy atom. The van der Waals surface area contributed by atoms with Gasteiger partial charge in [-0.1, -0.05) is 29.8 Å². The van der Waals surface area contributed by atoms with Crippen LogP contribution >= 0.6 is 0 Å². The molecule has 15 heavy (non-hydrogen) atoms. The van der Waals surface area contributed by atoms with Gasteiger partial charge in [0.2, 0.25) is 5.91 Å². The molecule has 1 amide bonds. The van der Waals surface area contributed by atoms with E-state index in [-0.39, 0.29) is 18.0 Å². The minimum Gasteiger partial charge on any atom is -0.351 e. The van der Waals surface area contributed by atoms with Crippen molar-refractivity contribution in [2.75, 3.05) is 0 Å². The molecular formula is C12H16N2O. The van der Waals surface area contributed by atoms with Crippen molar-refractivity contribution in [1.29, 1.82) is 0 Å². The second-order valence-corrected chi connectivity index (χ2v) is 4.24. The van der Waals surface area contributed by atoms with Gasteiger partial charge in [-0.05, 0) is 18.9 Å². The number of carbonyl (C=O) groups is 1. The van der Waals surface area contributed by atoms with E-state index in [0.717, 1.165) is 12.0 Å². The Hall–Kier alpha value is -1.35. The lowest BCUT2D eigenvalue weighted by Crippen LogP contribution is -2.30. The first-order chi connectivity index (χ1) is 7.15. The average molecular weight is 204 g/mol. The average Bonchev–Trinajstić information content (AvgIpc) is 2.86. The molecule has 2 atom stereocenters. The Balaban J connectivity index is 1.85. The molecule has 0 heterocycles. The van der Waals surface area contributed by atoms with Gasteiger partial charge in [0.1, 0.15) is 0 Å². The fraction of sp³-hybridized carbons (Fsp3) is 0.417. The lowest BCUT2D eigenvalue weighted by atomic mass is 10.1. The summed E-state index contributed by atoms with van der Waals surface area (Å²) < 4.78 is 0. The Labute approximate surface area is 89.7 Å². The zero-order chi connectivity index (χ0) is 10.8. The van der Waals surface area contributed by atoms with Gasteiger partial charge in [0, 0.05) is 12.1 Å². The highest BCUT2D eigenvalue weighted by Crippen LogP contribution is 2.17. The number of nitrogens with two attached hydrogens (primary N) is 1. The van der Waals surface area contributed by atoms with Crippen molar-refractivity contribution in [2.45, 2.75) is 31.8 Å². The van der Waals surface area contributed by atoms with Gasteiger partial charge in [-0.3, -0.25) is 4.79 Å². The minimum absolute atomic E-state index is 0.0665. The number of rotatable bonds is 3. The summed E-state index contributed by atoms with van der Waals surface area (Å²) in [5, 5.41) is 2.90. The predicted molar refractivity (Wildman–Crippen MR) is 59.4 cm³/mol. The van der Waals surface area contributed by atoms with Crippen LogP contribution in [0.25, 0.3) is 0 Å². The van der Waals surface area contributed by atoms with E-state index in [1.807, 2.05) is 31.2 Å². The largest absolute Gasteiger partial charge is 0.351 e. The third kappa shape index (κ3) is 2.80. The number of nitrogens with one attached hydrogen (secondary N) is 1. The minimum atomic E-state index is 0.0665. The molecular weight excluding hydrogens is 188 g/mol. The van der Waals surface area contributed by atoms with E-state index >= 15 is 0 Å². The first-order valence-corrected chi connectivity index (χ1v) is 5.25. The standard InChI is InChI=1S/C12H16N2O/c1-8-2-4-9(5-3-8)6-12(15)14-11-7-10(11)13/h2-5,10-11H,6-7,13H2,1H3,(H,14,15). The predicted octanol–water partition coefficient (Wildman–Crippen LogP) is 0.753. The molecule has 2 rings (SSSR count). The van der Waals surface area contributed by atoms with E-state index in [2.05, 4.69) is 5.32 Å². The van der Waals surface area contributed by atoms with Crippen LogP contribution in [0.5, 0.6) is 0 Å². The molecule has 1 aliphatic rings. The van der Waals surface area contributed by atoms with Gasteiger partial charge in [0.05, 0.1) is 6.42 Å². The van der Waals surface area contributed by atoms with Gasteiger partial charge in [0.25, 0.3) is 0 Å². The van der Waals surface area contributed by atoms with Crippen molar-refractivity contribution in [3.63, 3.8) is 0 Å². The van der Waals surface area contributed by atoms with Crippen molar-refractivity contribution < 1.29 is 4.79 Å². The molecule has 0 bridgehead atoms. The molecule has 1 fully saturated rings. The van der Waals surface area contributed by atoms with Crippen LogP contribution < -0.4 is 11.1 Å². The third-order valence-corrected chi connectivity index (χ3v) is 2.67. The Kier molecular flexibility index (Phi) is 2.73. The number of amides is 1. The molecule has 0 radical (unpaired) electrons. The highest BCUT2D eigenvalue weighted by Gasteiger charge is 2.34. The summed E-state index contributed by atoms with van der Waals surface area (Å²) in [6.45, 7) is 2.03. The third-order valence-electron chi connectivity index (χ3n) is 2.67. The van der Waals surface area contributed by atoms with Crippen LogP contribution in [0.15, 0.2) is 24.3 Å². The molecule has 3 N–H and O–H groups in total. The highest BCUT2D eigenvalue weighted by molar-refractivity contribution is 5.79. The first kappa shape index (κ1) is 10.2. The zero-order valence-corrected chi connectivity index (χ0v) is 8.86. The fourth-order valence-electron chi connectivity index (χ4n) is 1.53. The normalized spacial score (nSPS) is 23.6. The van der Waals surface area contributed by atoms with Gasteiger partial charge in [-0.15, -0.1) is 0 Å². The maximum atomic E-state index is 11.5. The van der Waals surface area contributed by atoms with Crippen LogP contribution in [0, 0.1) is 6.92 Å². The quantitative estimate of drug-likeness (QED) is 0.763. The van der Waals surface area contributed by atoms with Crippen LogP contribution in [0.1, 0.15) is 17.5 Å². The summed E-state index contributed by atoms with van der Waals surface area (Å²) in [4.78, 5) is 11.5. The molecule has 3 heteroatoms. The molecule has 0 spiro atoms. The van der Waals surface area contributed by atoms with E-state index in [9.17, 15) is 4.79 Å². The monoisotopic (exact) mass is 204 g/mol. The number of hydrogen-bond acceptors (Lipinski definition) is 2. The van der Waals surface area contributed by atoms with Gasteiger partial charge < -0.3 is 11.1 Å². The highest BCUT2D eigenvalue weighted by atomic mass is 16.1. The topological polar surface area (TPSA) is 55.1 Å². The number of aryl methyl sites for hydroxylation is 1. The van der Waals surface area contributed by atoms with Crippen molar-refractivity contribution in [2.24, 2.45) is 5.73 Å². The van der Waals surface area contributed by atoms with Gasteiger partial charge >= 0.3 is 0 Å². The van der Waals surface area contributed by atoms with Crippen LogP contribution in [0.4, 0.5) is 0 Å². The number of benzene rings is 1. The van der Waals surface area contributed by atoms with Crippen molar-refractivity contribution >= 4 is 5.91 Å². The second-order valence-electron chi connectivity index (χ2n) is 4.24. The number of hydrogen-bond donors (Lipinski definition) is 2. The van der Waals surface area contributed by atoms with Crippen molar-refractivity contribution in [1.82, 2.24) is 5.32 Å². The van der Waals surface area contributed by atoms with Crippen LogP contribution in [-0.2, 0) is 11.2 Å². The summed E-state index contributed by atoms with van der Waals surface area (Å²) in [6.07, 6.45) is 1.36. The van der Waals surface area contributed by atoms with E-state index in [1.54, 1.807) is 0 Å². The van der Waals surface area contributed by atoms with Gasteiger partial charge in [-0.2, -0.15) is 0 Å². The second kappa shape index (κ2) is 4.03. The fourth-order valence-corrected chi connectivity index (χ4v) is 1.53. The lowest BCUT2D eigenvalue weighted by Gasteiger charge is -2.04. The Morgan fingerprint density at radius 2 is 2.07 bits per heavy atom. The molecule has 0 aromatic heterocycles. The summed E-state index contributed by atoms with van der Waals surface area (Å²) in [5.41, 5.74) is 7.87. The maximum Gasteiger partial charge on any atom is 0.224 e. The SMILES string of the molecule is Cc1ccc(CC(=O)NC2CC2N)cc1. The van der Waals surface area contributed by atoms with Gasteiger partial charge in [-0.25, -0.2) is 0 Å². The van der Waals surface area contributed by atoms with Crippen molar-refractivity contribution in [3.05, 3.63) is 35.4 Å². The molecule has 0 saturated heterocycles. The maximum absolute atomic E-state index is 11.5. The van der Waals surface area contributed by atoms with E-state index in [1.165, 1.54) is 5.56 Å². The van der Waals surface area contributed by atoms with E-state index < -0.39 is 0 Å². The van der Waals surface area contributed by atoms with Crippen LogP contribution in [-0.4, -0.2) is 18.0 Å². The zero-order valence-electron chi connectivity index (χ0n) is 8.86. The molecule has 1 aliphatic carbocycles. The molecule has 2 unspecified atom stereocenters. The van der Waals surface area contributed by atoms with E-state index in [4.69, 9.17) is 5.73 Å². The molecule has 1 aromatic carbocycles. The summed E-state index contributed by atoms with van der Waals surface area (Å²) in [6, 6.07) is 8.40. The lowest BCUT2D eigenvalue weighted by molar-refractivity contribution is -0.120. The van der Waals surface area contributed by atoms with E-state index in [0.29, 0.717) is 6.42 Å². The smallest absolute Gasteiger partial charge is 0.224 e. The van der Waals surface area contributed by atoms with Crippen molar-refractivity contribution in [3.8, 4) is 0 Å². The molecule has 80 valence electrons. The number of carbonyl (C=O) groups excluding carboxylic acids is 1. The summed E-state index contributed by atoms with van der Waals surface area (Å²) in [5.74, 6) is 0.0665. The first-order valence-electron chi connectivity index (χ1n) is 5.25. The molecule has 1 aromatic rings. The molecule has 0 aliphatic heterocycles. The molecule has 3 nitrogen and oxygen atoms in total. The summed E-state index contributed by atoms with van der Waals surface area (Å²) >= 11 is 0. The van der Waals surface area contributed by atoms with Gasteiger partial charge in [0.15, 0.2) is 0 Å². The van der Waals surface area contributed by atoms with Crippen LogP contribution in [0.3, 0.4) is 0 Å². The Morgan fingerprint density at radius 3 is 2.60 bits per heavy atom. The summed E-state index contributed by atoms with van der Waals surface area (Å²) in [7, 11) is 0. The molecule has 1 saturated carbocycles. The Bertz CT molecular complexity index is 358.